The van der Waals surface area contributed by atoms with Gasteiger partial charge in [0.25, 0.3) is 5.91 Å². The minimum absolute atomic E-state index is 0.0851. The fraction of sp³-hybridized carbons (Fsp3) is 0.190. The van der Waals surface area contributed by atoms with Crippen LogP contribution in [0.4, 0.5) is 32.2 Å². The van der Waals surface area contributed by atoms with E-state index in [9.17, 15) is 31.1 Å². The van der Waals surface area contributed by atoms with E-state index in [0.717, 1.165) is 12.1 Å². The average molecular weight is 506 g/mol. The van der Waals surface area contributed by atoms with Crippen LogP contribution < -0.4 is 14.8 Å². The van der Waals surface area contributed by atoms with E-state index >= 15 is 0 Å². The van der Waals surface area contributed by atoms with Crippen molar-refractivity contribution in [3.8, 4) is 17.4 Å². The molecule has 1 unspecified atom stereocenters. The van der Waals surface area contributed by atoms with Crippen LogP contribution in [0.1, 0.15) is 18.1 Å². The van der Waals surface area contributed by atoms with Gasteiger partial charge in [-0.2, -0.15) is 26.3 Å². The van der Waals surface area contributed by atoms with Crippen molar-refractivity contribution in [1.82, 2.24) is 9.97 Å². The summed E-state index contributed by atoms with van der Waals surface area (Å²) in [5.74, 6) is -0.555. The standard InChI is InChI=1S/C21H14ClF6N3O3/c1-11(18(32)31-17-7-2-12(9-29-17)20(23,24)25)33-14-3-5-15(6-4-14)34-19-16(22)8-13(10-30-19)21(26,27)28/h2-11H,1H3,(H,29,31,32). The Morgan fingerprint density at radius 3 is 2.03 bits per heavy atom. The van der Waals surface area contributed by atoms with Crippen LogP contribution in [0.5, 0.6) is 17.4 Å². The molecule has 34 heavy (non-hydrogen) atoms. The zero-order valence-corrected chi connectivity index (χ0v) is 17.8. The van der Waals surface area contributed by atoms with Gasteiger partial charge in [0, 0.05) is 12.4 Å². The van der Waals surface area contributed by atoms with Crippen LogP contribution in [0.2, 0.25) is 5.02 Å². The second-order valence-corrected chi connectivity index (χ2v) is 7.17. The molecule has 2 aromatic heterocycles. The Morgan fingerprint density at radius 1 is 0.912 bits per heavy atom. The molecule has 0 bridgehead atoms. The molecule has 1 aromatic carbocycles. The molecule has 0 spiro atoms. The van der Waals surface area contributed by atoms with Gasteiger partial charge < -0.3 is 14.8 Å². The summed E-state index contributed by atoms with van der Waals surface area (Å²) >= 11 is 5.80. The van der Waals surface area contributed by atoms with Crippen molar-refractivity contribution in [3.63, 3.8) is 0 Å². The highest BCUT2D eigenvalue weighted by Crippen LogP contribution is 2.35. The van der Waals surface area contributed by atoms with Crippen LogP contribution >= 0.6 is 11.6 Å². The van der Waals surface area contributed by atoms with Gasteiger partial charge in [-0.3, -0.25) is 4.79 Å². The number of benzene rings is 1. The van der Waals surface area contributed by atoms with Gasteiger partial charge in [-0.1, -0.05) is 11.6 Å². The Bertz CT molecular complexity index is 1150. The van der Waals surface area contributed by atoms with Crippen molar-refractivity contribution in [1.29, 1.82) is 0 Å². The molecule has 2 heterocycles. The van der Waals surface area contributed by atoms with Crippen molar-refractivity contribution in [2.24, 2.45) is 0 Å². The number of alkyl halides is 6. The summed E-state index contributed by atoms with van der Waals surface area (Å²) in [4.78, 5) is 19.3. The number of ether oxygens (including phenoxy) is 2. The minimum Gasteiger partial charge on any atom is -0.481 e. The van der Waals surface area contributed by atoms with E-state index in [1.807, 2.05) is 0 Å². The number of aromatic nitrogens is 2. The van der Waals surface area contributed by atoms with Gasteiger partial charge in [0.1, 0.15) is 22.3 Å². The van der Waals surface area contributed by atoms with Gasteiger partial charge in [0.2, 0.25) is 5.88 Å². The fourth-order valence-electron chi connectivity index (χ4n) is 2.47. The molecule has 3 aromatic rings. The summed E-state index contributed by atoms with van der Waals surface area (Å²) in [6, 6.07) is 8.15. The maximum atomic E-state index is 12.7. The number of nitrogens with zero attached hydrogens (tertiary/aromatic N) is 2. The molecule has 0 aliphatic rings. The Labute approximate surface area is 193 Å². The Balaban J connectivity index is 1.58. The third-order valence-electron chi connectivity index (χ3n) is 4.20. The van der Waals surface area contributed by atoms with E-state index in [4.69, 9.17) is 21.1 Å². The summed E-state index contributed by atoms with van der Waals surface area (Å²) in [5, 5.41) is 2.00. The number of carbonyl (C=O) groups excluding carboxylic acids is 1. The van der Waals surface area contributed by atoms with E-state index in [0.29, 0.717) is 18.5 Å². The third kappa shape index (κ3) is 6.50. The second kappa shape index (κ2) is 9.75. The molecule has 0 radical (unpaired) electrons. The number of nitrogens with one attached hydrogen (secondary N) is 1. The van der Waals surface area contributed by atoms with Crippen LogP contribution in [0.15, 0.2) is 54.9 Å². The van der Waals surface area contributed by atoms with Gasteiger partial charge in [-0.15, -0.1) is 0 Å². The average Bonchev–Trinajstić information content (AvgIpc) is 2.75. The van der Waals surface area contributed by atoms with E-state index in [1.54, 1.807) is 0 Å². The monoisotopic (exact) mass is 505 g/mol. The summed E-state index contributed by atoms with van der Waals surface area (Å²) in [6.07, 6.45) is -9.00. The summed E-state index contributed by atoms with van der Waals surface area (Å²) in [5.41, 5.74) is -1.97. The minimum atomic E-state index is -4.60. The summed E-state index contributed by atoms with van der Waals surface area (Å²) in [7, 11) is 0. The number of carbonyl (C=O) groups is 1. The van der Waals surface area contributed by atoms with Gasteiger partial charge in [0.05, 0.1) is 11.1 Å². The molecular formula is C21H14ClF6N3O3. The van der Waals surface area contributed by atoms with Crippen molar-refractivity contribution in [2.75, 3.05) is 5.32 Å². The van der Waals surface area contributed by atoms with E-state index < -0.39 is 35.5 Å². The van der Waals surface area contributed by atoms with E-state index in [1.165, 1.54) is 31.2 Å². The first-order valence-corrected chi connectivity index (χ1v) is 9.72. The predicted octanol–water partition coefficient (Wildman–Crippen LogP) is 6.37. The molecule has 0 saturated carbocycles. The first-order chi connectivity index (χ1) is 15.8. The zero-order chi connectivity index (χ0) is 25.1. The lowest BCUT2D eigenvalue weighted by Gasteiger charge is -2.15. The van der Waals surface area contributed by atoms with Crippen LogP contribution in [0.3, 0.4) is 0 Å². The number of hydrogen-bond donors (Lipinski definition) is 1. The quantitative estimate of drug-likeness (QED) is 0.394. The highest BCUT2D eigenvalue weighted by Gasteiger charge is 2.32. The molecule has 0 fully saturated rings. The zero-order valence-electron chi connectivity index (χ0n) is 17.0. The SMILES string of the molecule is CC(Oc1ccc(Oc2ncc(C(F)(F)F)cc2Cl)cc1)C(=O)Nc1ccc(C(F)(F)F)cn1. The maximum Gasteiger partial charge on any atom is 0.417 e. The first kappa shape index (κ1) is 25.1. The topological polar surface area (TPSA) is 73.3 Å². The van der Waals surface area contributed by atoms with Crippen molar-refractivity contribution in [2.45, 2.75) is 25.4 Å². The third-order valence-corrected chi connectivity index (χ3v) is 4.47. The highest BCUT2D eigenvalue weighted by atomic mass is 35.5. The summed E-state index contributed by atoms with van der Waals surface area (Å²) < 4.78 is 86.6. The molecular weight excluding hydrogens is 492 g/mol. The first-order valence-electron chi connectivity index (χ1n) is 9.34. The number of anilines is 1. The predicted molar refractivity (Wildman–Crippen MR) is 109 cm³/mol. The van der Waals surface area contributed by atoms with Crippen LogP contribution in [-0.2, 0) is 17.1 Å². The van der Waals surface area contributed by atoms with Crippen LogP contribution in [0, 0.1) is 0 Å². The van der Waals surface area contributed by atoms with Crippen molar-refractivity contribution < 1.29 is 40.6 Å². The Hall–Kier alpha value is -3.54. The number of halogens is 7. The molecule has 0 aliphatic heterocycles. The molecule has 1 atom stereocenters. The summed E-state index contributed by atoms with van der Waals surface area (Å²) in [6.45, 7) is 1.41. The molecule has 1 N–H and O–H groups in total. The van der Waals surface area contributed by atoms with E-state index in [2.05, 4.69) is 15.3 Å². The van der Waals surface area contributed by atoms with Gasteiger partial charge >= 0.3 is 12.4 Å². The fourth-order valence-corrected chi connectivity index (χ4v) is 2.68. The molecule has 0 aliphatic carbocycles. The molecule has 3 rings (SSSR count). The Morgan fingerprint density at radius 2 is 1.50 bits per heavy atom. The lowest BCUT2D eigenvalue weighted by Crippen LogP contribution is -2.30. The molecule has 6 nitrogen and oxygen atoms in total. The van der Waals surface area contributed by atoms with Crippen molar-refractivity contribution >= 4 is 23.3 Å². The largest absolute Gasteiger partial charge is 0.481 e. The number of rotatable bonds is 6. The molecule has 1 amide bonds. The van der Waals surface area contributed by atoms with Crippen LogP contribution in [0.25, 0.3) is 0 Å². The maximum absolute atomic E-state index is 12.7. The van der Waals surface area contributed by atoms with Gasteiger partial charge in [-0.05, 0) is 49.4 Å². The smallest absolute Gasteiger partial charge is 0.417 e. The van der Waals surface area contributed by atoms with Gasteiger partial charge in [-0.25, -0.2) is 9.97 Å². The lowest BCUT2D eigenvalue weighted by atomic mass is 10.2. The lowest BCUT2D eigenvalue weighted by molar-refractivity contribution is -0.138. The molecule has 180 valence electrons. The van der Waals surface area contributed by atoms with Crippen LogP contribution in [-0.4, -0.2) is 22.0 Å². The normalized spacial score (nSPS) is 12.7. The number of pyridine rings is 2. The molecule has 0 saturated heterocycles. The second-order valence-electron chi connectivity index (χ2n) is 6.76. The number of amides is 1. The van der Waals surface area contributed by atoms with Gasteiger partial charge in [0.15, 0.2) is 6.10 Å². The highest BCUT2D eigenvalue weighted by molar-refractivity contribution is 6.31. The molecule has 13 heteroatoms. The van der Waals surface area contributed by atoms with Crippen molar-refractivity contribution in [3.05, 3.63) is 71.0 Å². The number of hydrogen-bond acceptors (Lipinski definition) is 5. The van der Waals surface area contributed by atoms with E-state index in [-0.39, 0.29) is 28.2 Å². The Kier molecular flexibility index (Phi) is 7.20.